The van der Waals surface area contributed by atoms with Crippen LogP contribution in [0.2, 0.25) is 0 Å². The van der Waals surface area contributed by atoms with Crippen LogP contribution in [-0.2, 0) is 0 Å². The number of nitrogens with zero attached hydrogens (tertiary/aromatic N) is 1. The molecule has 0 amide bonds. The average molecular weight is 254 g/mol. The summed E-state index contributed by atoms with van der Waals surface area (Å²) in [6.07, 6.45) is -0.636. The third-order valence-electron chi connectivity index (χ3n) is 2.51. The van der Waals surface area contributed by atoms with Crippen molar-refractivity contribution < 1.29 is 14.8 Å². The first kappa shape index (κ1) is 14.4. The molecule has 0 heterocycles. The Morgan fingerprint density at radius 3 is 2.89 bits per heavy atom. The fourth-order valence-electron chi connectivity index (χ4n) is 1.51. The third-order valence-corrected chi connectivity index (χ3v) is 2.51. The Bertz CT molecular complexity index is 409. The van der Waals surface area contributed by atoms with Crippen LogP contribution in [0.4, 0.5) is 5.69 Å². The minimum Gasteiger partial charge on any atom is -0.490 e. The lowest BCUT2D eigenvalue weighted by molar-refractivity contribution is -0.385. The van der Waals surface area contributed by atoms with E-state index in [1.54, 1.807) is 19.1 Å². The summed E-state index contributed by atoms with van der Waals surface area (Å²) in [5, 5.41) is 23.3. The maximum Gasteiger partial charge on any atom is 0.276 e. The number of nitro groups is 1. The van der Waals surface area contributed by atoms with Crippen molar-refractivity contribution in [2.24, 2.45) is 0 Å². The predicted molar refractivity (Wildman–Crippen MR) is 67.9 cm³/mol. The van der Waals surface area contributed by atoms with Gasteiger partial charge in [0, 0.05) is 12.6 Å². The SMILES string of the molecule is CCNCC(O)COc1cccc([N+](=O)[O-])c1C. The molecule has 0 aliphatic heterocycles. The van der Waals surface area contributed by atoms with Gasteiger partial charge in [-0.25, -0.2) is 0 Å². The summed E-state index contributed by atoms with van der Waals surface area (Å²) in [5.41, 5.74) is 0.492. The van der Waals surface area contributed by atoms with Gasteiger partial charge in [-0.1, -0.05) is 13.0 Å². The van der Waals surface area contributed by atoms with E-state index in [0.717, 1.165) is 6.54 Å². The van der Waals surface area contributed by atoms with Crippen molar-refractivity contribution in [3.8, 4) is 5.75 Å². The molecule has 0 bridgehead atoms. The van der Waals surface area contributed by atoms with Crippen molar-refractivity contribution in [2.45, 2.75) is 20.0 Å². The van der Waals surface area contributed by atoms with Crippen LogP contribution in [-0.4, -0.2) is 35.8 Å². The van der Waals surface area contributed by atoms with Crippen LogP contribution < -0.4 is 10.1 Å². The van der Waals surface area contributed by atoms with E-state index in [1.807, 2.05) is 6.92 Å². The molecule has 6 nitrogen and oxygen atoms in total. The highest BCUT2D eigenvalue weighted by Crippen LogP contribution is 2.26. The number of hydrogen-bond acceptors (Lipinski definition) is 5. The first-order valence-corrected chi connectivity index (χ1v) is 5.81. The molecule has 0 saturated carbocycles. The smallest absolute Gasteiger partial charge is 0.276 e. The van der Waals surface area contributed by atoms with Gasteiger partial charge in [-0.05, 0) is 19.5 Å². The highest BCUT2D eigenvalue weighted by molar-refractivity contribution is 5.48. The van der Waals surface area contributed by atoms with E-state index in [2.05, 4.69) is 5.32 Å². The van der Waals surface area contributed by atoms with E-state index in [9.17, 15) is 15.2 Å². The van der Waals surface area contributed by atoms with E-state index >= 15 is 0 Å². The largest absolute Gasteiger partial charge is 0.490 e. The first-order chi connectivity index (χ1) is 8.56. The molecule has 1 unspecified atom stereocenters. The number of hydrogen-bond donors (Lipinski definition) is 2. The maximum atomic E-state index is 10.7. The van der Waals surface area contributed by atoms with Crippen LogP contribution in [0.5, 0.6) is 5.75 Å². The van der Waals surface area contributed by atoms with Crippen LogP contribution in [0, 0.1) is 17.0 Å². The molecule has 0 spiro atoms. The third kappa shape index (κ3) is 3.97. The Hall–Kier alpha value is -1.66. The molecule has 0 saturated heterocycles. The molecular weight excluding hydrogens is 236 g/mol. The van der Waals surface area contributed by atoms with Crippen molar-refractivity contribution in [1.29, 1.82) is 0 Å². The molecule has 18 heavy (non-hydrogen) atoms. The number of aliphatic hydroxyl groups is 1. The van der Waals surface area contributed by atoms with Crippen molar-refractivity contribution in [2.75, 3.05) is 19.7 Å². The molecule has 0 aliphatic carbocycles. The molecule has 0 radical (unpaired) electrons. The number of nitrogens with one attached hydrogen (secondary N) is 1. The van der Waals surface area contributed by atoms with Gasteiger partial charge in [0.1, 0.15) is 18.5 Å². The molecule has 1 aromatic carbocycles. The van der Waals surface area contributed by atoms with Crippen LogP contribution in [0.15, 0.2) is 18.2 Å². The number of nitro benzene ring substituents is 1. The second-order valence-electron chi connectivity index (χ2n) is 3.93. The van der Waals surface area contributed by atoms with Gasteiger partial charge in [-0.2, -0.15) is 0 Å². The lowest BCUT2D eigenvalue weighted by Crippen LogP contribution is -2.31. The highest BCUT2D eigenvalue weighted by Gasteiger charge is 2.14. The zero-order valence-electron chi connectivity index (χ0n) is 10.5. The van der Waals surface area contributed by atoms with Crippen LogP contribution in [0.1, 0.15) is 12.5 Å². The van der Waals surface area contributed by atoms with E-state index in [-0.39, 0.29) is 12.3 Å². The lowest BCUT2D eigenvalue weighted by atomic mass is 10.2. The van der Waals surface area contributed by atoms with Gasteiger partial charge >= 0.3 is 0 Å². The quantitative estimate of drug-likeness (QED) is 0.565. The summed E-state index contributed by atoms with van der Waals surface area (Å²) in [7, 11) is 0. The Morgan fingerprint density at radius 1 is 1.56 bits per heavy atom. The minimum absolute atomic E-state index is 0.0219. The lowest BCUT2D eigenvalue weighted by Gasteiger charge is -2.13. The van der Waals surface area contributed by atoms with E-state index < -0.39 is 11.0 Å². The molecule has 0 fully saturated rings. The Kier molecular flexibility index (Phi) is 5.54. The van der Waals surface area contributed by atoms with Gasteiger partial charge in [-0.15, -0.1) is 0 Å². The van der Waals surface area contributed by atoms with Gasteiger partial charge in [0.05, 0.1) is 10.5 Å². The summed E-state index contributed by atoms with van der Waals surface area (Å²) >= 11 is 0. The minimum atomic E-state index is -0.636. The molecule has 1 rings (SSSR count). The standard InChI is InChI=1S/C12H18N2O4/c1-3-13-7-10(15)8-18-12-6-4-5-11(9(12)2)14(16)17/h4-6,10,13,15H,3,7-8H2,1-2H3. The summed E-state index contributed by atoms with van der Waals surface area (Å²) < 4.78 is 5.39. The zero-order chi connectivity index (χ0) is 13.5. The fraction of sp³-hybridized carbons (Fsp3) is 0.500. The molecule has 0 aliphatic rings. The van der Waals surface area contributed by atoms with Crippen molar-refractivity contribution in [3.63, 3.8) is 0 Å². The monoisotopic (exact) mass is 254 g/mol. The summed E-state index contributed by atoms with van der Waals surface area (Å²) in [5.74, 6) is 0.430. The molecular formula is C12H18N2O4. The second-order valence-corrected chi connectivity index (χ2v) is 3.93. The van der Waals surface area contributed by atoms with E-state index in [0.29, 0.717) is 17.9 Å². The number of rotatable bonds is 7. The highest BCUT2D eigenvalue weighted by atomic mass is 16.6. The summed E-state index contributed by atoms with van der Waals surface area (Å²) in [6.45, 7) is 4.88. The topological polar surface area (TPSA) is 84.6 Å². The number of benzene rings is 1. The Balaban J connectivity index is 2.62. The fourth-order valence-corrected chi connectivity index (χ4v) is 1.51. The van der Waals surface area contributed by atoms with Gasteiger partial charge in [0.2, 0.25) is 0 Å². The second kappa shape index (κ2) is 6.93. The summed E-state index contributed by atoms with van der Waals surface area (Å²) in [4.78, 5) is 10.3. The van der Waals surface area contributed by atoms with Gasteiger partial charge in [-0.3, -0.25) is 10.1 Å². The molecule has 2 N–H and O–H groups in total. The predicted octanol–water partition coefficient (Wildman–Crippen LogP) is 1.25. The molecule has 1 atom stereocenters. The molecule has 100 valence electrons. The first-order valence-electron chi connectivity index (χ1n) is 5.81. The maximum absolute atomic E-state index is 10.7. The normalized spacial score (nSPS) is 12.2. The van der Waals surface area contributed by atoms with Crippen molar-refractivity contribution >= 4 is 5.69 Å². The summed E-state index contributed by atoms with van der Waals surface area (Å²) in [6, 6.07) is 4.65. The van der Waals surface area contributed by atoms with Crippen LogP contribution >= 0.6 is 0 Å². The van der Waals surface area contributed by atoms with Crippen LogP contribution in [0.3, 0.4) is 0 Å². The molecule has 6 heteroatoms. The van der Waals surface area contributed by atoms with Gasteiger partial charge in [0.25, 0.3) is 5.69 Å². The molecule has 1 aromatic rings. The van der Waals surface area contributed by atoms with Crippen molar-refractivity contribution in [3.05, 3.63) is 33.9 Å². The Morgan fingerprint density at radius 2 is 2.28 bits per heavy atom. The molecule has 0 aromatic heterocycles. The van der Waals surface area contributed by atoms with Gasteiger partial charge < -0.3 is 15.2 Å². The average Bonchev–Trinajstić information content (AvgIpc) is 2.34. The van der Waals surface area contributed by atoms with Gasteiger partial charge in [0.15, 0.2) is 0 Å². The number of likely N-dealkylation sites (N-methyl/N-ethyl adjacent to an activating group) is 1. The number of ether oxygens (including phenoxy) is 1. The van der Waals surface area contributed by atoms with Crippen molar-refractivity contribution in [1.82, 2.24) is 5.32 Å². The van der Waals surface area contributed by atoms with E-state index in [1.165, 1.54) is 6.07 Å². The Labute approximate surface area is 106 Å². The van der Waals surface area contributed by atoms with Crippen LogP contribution in [0.25, 0.3) is 0 Å². The zero-order valence-corrected chi connectivity index (χ0v) is 10.5. The van der Waals surface area contributed by atoms with E-state index in [4.69, 9.17) is 4.74 Å². The number of aliphatic hydroxyl groups excluding tert-OH is 1.